The second-order valence-electron chi connectivity index (χ2n) is 6.67. The van der Waals surface area contributed by atoms with Crippen molar-refractivity contribution in [1.82, 2.24) is 15.0 Å². The zero-order valence-corrected chi connectivity index (χ0v) is 16.5. The van der Waals surface area contributed by atoms with Crippen LogP contribution in [0.5, 0.6) is 0 Å². The van der Waals surface area contributed by atoms with Crippen LogP contribution in [0.25, 0.3) is 22.2 Å². The predicted octanol–water partition coefficient (Wildman–Crippen LogP) is 7.13. The van der Waals surface area contributed by atoms with Gasteiger partial charge in [-0.1, -0.05) is 6.07 Å². The fraction of sp³-hybridized carbons (Fsp3) is 0.0952. The Morgan fingerprint density at radius 3 is 2.19 bits per heavy atom. The Balaban J connectivity index is 1.75. The molecule has 0 saturated heterocycles. The number of rotatable bonds is 3. The molecule has 0 aliphatic heterocycles. The van der Waals surface area contributed by atoms with Gasteiger partial charge in [-0.05, 0) is 60.1 Å². The number of aromatic nitrogens is 3. The lowest BCUT2D eigenvalue weighted by molar-refractivity contribution is -0.138. The van der Waals surface area contributed by atoms with Crippen LogP contribution in [-0.4, -0.2) is 15.0 Å². The fourth-order valence-electron chi connectivity index (χ4n) is 3.09. The van der Waals surface area contributed by atoms with Crippen molar-refractivity contribution in [1.29, 1.82) is 0 Å². The summed E-state index contributed by atoms with van der Waals surface area (Å²) < 4.78 is 78.3. The normalized spacial score (nSPS) is 12.2. The maximum absolute atomic E-state index is 13.4. The van der Waals surface area contributed by atoms with Crippen LogP contribution in [0.15, 0.2) is 60.8 Å². The van der Waals surface area contributed by atoms with Crippen LogP contribution < -0.4 is 5.32 Å². The van der Waals surface area contributed by atoms with Gasteiger partial charge < -0.3 is 5.32 Å². The molecule has 0 bridgehead atoms. The minimum atomic E-state index is -4.60. The van der Waals surface area contributed by atoms with Crippen molar-refractivity contribution in [2.75, 3.05) is 5.32 Å². The molecule has 32 heavy (non-hydrogen) atoms. The quantitative estimate of drug-likeness (QED) is 0.257. The average molecular weight is 469 g/mol. The molecule has 0 atom stereocenters. The van der Waals surface area contributed by atoms with Gasteiger partial charge in [0.05, 0.1) is 22.3 Å². The smallest absolute Gasteiger partial charge is 0.340 e. The van der Waals surface area contributed by atoms with E-state index in [1.165, 1.54) is 42.6 Å². The molecular formula is C21H11ClF6N4. The predicted molar refractivity (Wildman–Crippen MR) is 108 cm³/mol. The third-order valence-corrected chi connectivity index (χ3v) is 4.70. The van der Waals surface area contributed by atoms with Gasteiger partial charge in [0.1, 0.15) is 5.82 Å². The van der Waals surface area contributed by atoms with Gasteiger partial charge in [0.15, 0.2) is 0 Å². The van der Waals surface area contributed by atoms with Crippen molar-refractivity contribution >= 4 is 34.0 Å². The standard InChI is InChI=1S/C21H11ClF6N4/c22-19-31-16-10-11(17-15(21(26,27)28)2-1-9-29-17)3-8-14(16)18(32-19)30-13-6-4-12(5-7-13)20(23,24)25/h1-10H,(H,30,31,32). The van der Waals surface area contributed by atoms with Gasteiger partial charge in [-0.25, -0.2) is 4.98 Å². The molecule has 11 heteroatoms. The van der Waals surface area contributed by atoms with E-state index >= 15 is 0 Å². The van der Waals surface area contributed by atoms with E-state index < -0.39 is 23.5 Å². The van der Waals surface area contributed by atoms with Crippen LogP contribution in [0.3, 0.4) is 0 Å². The van der Waals surface area contributed by atoms with E-state index in [9.17, 15) is 26.3 Å². The van der Waals surface area contributed by atoms with E-state index in [0.717, 1.165) is 18.2 Å². The summed E-state index contributed by atoms with van der Waals surface area (Å²) >= 11 is 5.97. The van der Waals surface area contributed by atoms with Gasteiger partial charge in [0.25, 0.3) is 0 Å². The largest absolute Gasteiger partial charge is 0.418 e. The molecule has 0 saturated carbocycles. The Kier molecular flexibility index (Phi) is 5.41. The summed E-state index contributed by atoms with van der Waals surface area (Å²) in [5, 5.41) is 3.07. The number of nitrogens with one attached hydrogen (secondary N) is 1. The topological polar surface area (TPSA) is 50.7 Å². The number of pyridine rings is 1. The molecule has 2 aromatic heterocycles. The number of alkyl halides is 6. The van der Waals surface area contributed by atoms with E-state index in [0.29, 0.717) is 11.1 Å². The molecule has 164 valence electrons. The minimum absolute atomic E-state index is 0.167. The number of halogens is 7. The van der Waals surface area contributed by atoms with Gasteiger partial charge >= 0.3 is 12.4 Å². The van der Waals surface area contributed by atoms with Crippen molar-refractivity contribution in [3.63, 3.8) is 0 Å². The van der Waals surface area contributed by atoms with E-state index in [-0.39, 0.29) is 27.9 Å². The first-order valence-corrected chi connectivity index (χ1v) is 9.34. The van der Waals surface area contributed by atoms with E-state index in [1.807, 2.05) is 0 Å². The van der Waals surface area contributed by atoms with Gasteiger partial charge in [-0.2, -0.15) is 31.3 Å². The summed E-state index contributed by atoms with van der Waals surface area (Å²) in [6, 6.07) is 10.7. The number of anilines is 2. The Labute approximate surface area is 181 Å². The summed E-state index contributed by atoms with van der Waals surface area (Å²) in [5.74, 6) is 0.184. The lowest BCUT2D eigenvalue weighted by Crippen LogP contribution is -2.08. The average Bonchev–Trinajstić information content (AvgIpc) is 2.72. The van der Waals surface area contributed by atoms with Crippen molar-refractivity contribution in [3.05, 3.63) is 77.2 Å². The van der Waals surface area contributed by atoms with Crippen molar-refractivity contribution < 1.29 is 26.3 Å². The highest BCUT2D eigenvalue weighted by atomic mass is 35.5. The van der Waals surface area contributed by atoms with Gasteiger partial charge in [0, 0.05) is 22.8 Å². The second-order valence-corrected chi connectivity index (χ2v) is 7.01. The van der Waals surface area contributed by atoms with Crippen molar-refractivity contribution in [2.45, 2.75) is 12.4 Å². The molecule has 0 aliphatic rings. The molecule has 4 rings (SSSR count). The number of benzene rings is 2. The monoisotopic (exact) mass is 468 g/mol. The van der Waals surface area contributed by atoms with E-state index in [1.54, 1.807) is 0 Å². The zero-order valence-electron chi connectivity index (χ0n) is 15.8. The lowest BCUT2D eigenvalue weighted by atomic mass is 10.0. The molecular weight excluding hydrogens is 458 g/mol. The van der Waals surface area contributed by atoms with E-state index in [2.05, 4.69) is 20.3 Å². The molecule has 0 radical (unpaired) electrons. The molecule has 0 aliphatic carbocycles. The summed E-state index contributed by atoms with van der Waals surface area (Å²) in [6.07, 6.45) is -7.82. The van der Waals surface area contributed by atoms with Crippen molar-refractivity contribution in [2.24, 2.45) is 0 Å². The fourth-order valence-corrected chi connectivity index (χ4v) is 3.26. The molecule has 0 unspecified atom stereocenters. The Morgan fingerprint density at radius 2 is 1.53 bits per heavy atom. The number of nitrogens with zero attached hydrogens (tertiary/aromatic N) is 3. The highest BCUT2D eigenvalue weighted by molar-refractivity contribution is 6.28. The third kappa shape index (κ3) is 4.45. The lowest BCUT2D eigenvalue weighted by Gasteiger charge is -2.13. The molecule has 0 spiro atoms. The summed E-state index contributed by atoms with van der Waals surface area (Å²) in [7, 11) is 0. The maximum Gasteiger partial charge on any atom is 0.418 e. The highest BCUT2D eigenvalue weighted by Crippen LogP contribution is 2.37. The van der Waals surface area contributed by atoms with Crippen molar-refractivity contribution in [3.8, 4) is 11.3 Å². The van der Waals surface area contributed by atoms with E-state index in [4.69, 9.17) is 11.6 Å². The van der Waals surface area contributed by atoms with Crippen LogP contribution in [0, 0.1) is 0 Å². The van der Waals surface area contributed by atoms with Crippen LogP contribution in [0.1, 0.15) is 11.1 Å². The van der Waals surface area contributed by atoms with Gasteiger partial charge in [0.2, 0.25) is 5.28 Å². The van der Waals surface area contributed by atoms with Crippen LogP contribution >= 0.6 is 11.6 Å². The first-order valence-electron chi connectivity index (χ1n) is 8.96. The Hall–Kier alpha value is -3.40. The van der Waals surface area contributed by atoms with Crippen LogP contribution in [-0.2, 0) is 12.4 Å². The molecule has 0 amide bonds. The Morgan fingerprint density at radius 1 is 0.812 bits per heavy atom. The van der Waals surface area contributed by atoms with Gasteiger partial charge in [-0.15, -0.1) is 0 Å². The molecule has 4 aromatic rings. The molecule has 2 heterocycles. The zero-order chi connectivity index (χ0) is 23.1. The summed E-state index contributed by atoms with van der Waals surface area (Å²) in [5.41, 5.74) is -1.27. The summed E-state index contributed by atoms with van der Waals surface area (Å²) in [6.45, 7) is 0. The maximum atomic E-state index is 13.4. The molecule has 2 aromatic carbocycles. The minimum Gasteiger partial charge on any atom is -0.340 e. The first-order chi connectivity index (χ1) is 15.0. The number of hydrogen-bond donors (Lipinski definition) is 1. The molecule has 0 fully saturated rings. The second kappa shape index (κ2) is 7.94. The first kappa shape index (κ1) is 21.8. The molecule has 4 nitrogen and oxygen atoms in total. The third-order valence-electron chi connectivity index (χ3n) is 4.53. The van der Waals surface area contributed by atoms with Crippen LogP contribution in [0.4, 0.5) is 37.8 Å². The van der Waals surface area contributed by atoms with Gasteiger partial charge in [-0.3, -0.25) is 4.98 Å². The Bertz CT molecular complexity index is 1290. The molecule has 1 N–H and O–H groups in total. The summed E-state index contributed by atoms with van der Waals surface area (Å²) in [4.78, 5) is 12.0. The SMILES string of the molecule is FC(F)(F)c1ccc(Nc2nc(Cl)nc3cc(-c4ncccc4C(F)(F)F)ccc23)cc1. The number of hydrogen-bond acceptors (Lipinski definition) is 4. The highest BCUT2D eigenvalue weighted by Gasteiger charge is 2.34. The number of fused-ring (bicyclic) bond motifs is 1. The van der Waals surface area contributed by atoms with Crippen LogP contribution in [0.2, 0.25) is 5.28 Å².